The van der Waals surface area contributed by atoms with Gasteiger partial charge in [-0.15, -0.1) is 11.3 Å². The minimum atomic E-state index is -0.558. The molecule has 130 valence electrons. The fourth-order valence-electron chi connectivity index (χ4n) is 2.69. The van der Waals surface area contributed by atoms with Crippen molar-refractivity contribution in [3.8, 4) is 0 Å². The zero-order chi connectivity index (χ0) is 17.8. The molecule has 25 heavy (non-hydrogen) atoms. The van der Waals surface area contributed by atoms with Crippen LogP contribution in [0.4, 0.5) is 5.69 Å². The summed E-state index contributed by atoms with van der Waals surface area (Å²) in [6.07, 6.45) is 0.780. The molecule has 0 radical (unpaired) electrons. The van der Waals surface area contributed by atoms with Gasteiger partial charge in [0.1, 0.15) is 0 Å². The number of fused-ring (bicyclic) bond motifs is 1. The first kappa shape index (κ1) is 17.6. The molecule has 0 saturated heterocycles. The largest absolute Gasteiger partial charge is 0.456 e. The Morgan fingerprint density at radius 2 is 1.92 bits per heavy atom. The second-order valence-corrected chi connectivity index (χ2v) is 7.33. The van der Waals surface area contributed by atoms with Gasteiger partial charge in [0.15, 0.2) is 12.4 Å². The zero-order valence-corrected chi connectivity index (χ0v) is 14.9. The predicted octanol–water partition coefficient (Wildman–Crippen LogP) is 3.50. The van der Waals surface area contributed by atoms with Crippen molar-refractivity contribution in [1.29, 1.82) is 0 Å². The fourth-order valence-corrected chi connectivity index (χ4v) is 3.70. The first-order valence-corrected chi connectivity index (χ1v) is 9.06. The standard InChI is InChI=1S/C18H16ClNO4S/c19-16-7-6-15(25-16)14(21)5-8-18(23)24-11-17(22)20-10-9-12-3-1-2-4-13(12)20/h1-4,6-7H,5,8-11H2. The third kappa shape index (κ3) is 4.27. The Balaban J connectivity index is 1.45. The molecule has 1 amide bonds. The average molecular weight is 378 g/mol. The summed E-state index contributed by atoms with van der Waals surface area (Å²) in [6.45, 7) is 0.277. The molecule has 1 aliphatic heterocycles. The van der Waals surface area contributed by atoms with E-state index in [0.29, 0.717) is 15.8 Å². The highest BCUT2D eigenvalue weighted by Gasteiger charge is 2.24. The quantitative estimate of drug-likeness (QED) is 0.571. The number of thiophene rings is 1. The number of hydrogen-bond donors (Lipinski definition) is 0. The number of para-hydroxylation sites is 1. The van der Waals surface area contributed by atoms with Gasteiger partial charge in [-0.1, -0.05) is 29.8 Å². The molecular weight excluding hydrogens is 362 g/mol. The highest BCUT2D eigenvalue weighted by atomic mass is 35.5. The molecule has 0 saturated carbocycles. The van der Waals surface area contributed by atoms with Crippen LogP contribution in [0.15, 0.2) is 36.4 Å². The van der Waals surface area contributed by atoms with Gasteiger partial charge in [-0.05, 0) is 30.2 Å². The molecule has 3 rings (SSSR count). The van der Waals surface area contributed by atoms with Crippen molar-refractivity contribution in [3.63, 3.8) is 0 Å². The molecule has 2 heterocycles. The number of benzene rings is 1. The molecular formula is C18H16ClNO4S. The number of carbonyl (C=O) groups excluding carboxylic acids is 3. The first-order valence-electron chi connectivity index (χ1n) is 7.87. The van der Waals surface area contributed by atoms with Crippen LogP contribution in [0.25, 0.3) is 0 Å². The number of halogens is 1. The molecule has 0 fully saturated rings. The van der Waals surface area contributed by atoms with Crippen molar-refractivity contribution in [2.45, 2.75) is 19.3 Å². The number of ketones is 1. The van der Waals surface area contributed by atoms with Crippen LogP contribution in [0.1, 0.15) is 28.1 Å². The van der Waals surface area contributed by atoms with Crippen molar-refractivity contribution in [2.75, 3.05) is 18.1 Å². The van der Waals surface area contributed by atoms with E-state index in [0.717, 1.165) is 17.7 Å². The Hall–Kier alpha value is -2.18. The number of nitrogens with zero attached hydrogens (tertiary/aromatic N) is 1. The number of rotatable bonds is 6. The normalized spacial score (nSPS) is 12.8. The Morgan fingerprint density at radius 3 is 2.68 bits per heavy atom. The number of ether oxygens (including phenoxy) is 1. The molecule has 1 aliphatic rings. The molecule has 0 unspecified atom stereocenters. The van der Waals surface area contributed by atoms with E-state index in [9.17, 15) is 14.4 Å². The maximum atomic E-state index is 12.2. The SMILES string of the molecule is O=C(CCC(=O)c1ccc(Cl)s1)OCC(=O)N1CCc2ccccc21. The van der Waals surface area contributed by atoms with Crippen LogP contribution >= 0.6 is 22.9 Å². The molecule has 0 bridgehead atoms. The number of Topliss-reactive ketones (excluding diaryl/α,β-unsaturated/α-hetero) is 1. The van der Waals surface area contributed by atoms with Crippen LogP contribution < -0.4 is 4.90 Å². The maximum Gasteiger partial charge on any atom is 0.306 e. The number of anilines is 1. The molecule has 0 atom stereocenters. The molecule has 1 aromatic heterocycles. The monoisotopic (exact) mass is 377 g/mol. The predicted molar refractivity (Wildman–Crippen MR) is 96.4 cm³/mol. The average Bonchev–Trinajstić information content (AvgIpc) is 3.23. The second-order valence-electron chi connectivity index (χ2n) is 5.61. The molecule has 0 aliphatic carbocycles. The summed E-state index contributed by atoms with van der Waals surface area (Å²) in [5, 5.41) is 0. The van der Waals surface area contributed by atoms with E-state index < -0.39 is 5.97 Å². The summed E-state index contributed by atoms with van der Waals surface area (Å²) in [6, 6.07) is 11.0. The van der Waals surface area contributed by atoms with Crippen molar-refractivity contribution >= 4 is 46.3 Å². The number of carbonyl (C=O) groups is 3. The third-order valence-electron chi connectivity index (χ3n) is 3.95. The van der Waals surface area contributed by atoms with Crippen molar-refractivity contribution in [3.05, 3.63) is 51.2 Å². The third-order valence-corrected chi connectivity index (χ3v) is 5.22. The highest BCUT2D eigenvalue weighted by molar-refractivity contribution is 7.18. The van der Waals surface area contributed by atoms with Gasteiger partial charge in [-0.2, -0.15) is 0 Å². The lowest BCUT2D eigenvalue weighted by Gasteiger charge is -2.17. The molecule has 2 aromatic rings. The van der Waals surface area contributed by atoms with E-state index in [1.165, 1.54) is 11.3 Å². The highest BCUT2D eigenvalue weighted by Crippen LogP contribution is 2.27. The van der Waals surface area contributed by atoms with Gasteiger partial charge in [0.05, 0.1) is 15.6 Å². The van der Waals surface area contributed by atoms with Crippen molar-refractivity contribution < 1.29 is 19.1 Å². The lowest BCUT2D eigenvalue weighted by atomic mass is 10.2. The summed E-state index contributed by atoms with van der Waals surface area (Å²) in [5.41, 5.74) is 1.98. The van der Waals surface area contributed by atoms with E-state index in [2.05, 4.69) is 0 Å². The minimum Gasteiger partial charge on any atom is -0.456 e. The second kappa shape index (κ2) is 7.80. The molecule has 5 nitrogen and oxygen atoms in total. The van der Waals surface area contributed by atoms with Crippen LogP contribution in [0.5, 0.6) is 0 Å². The lowest BCUT2D eigenvalue weighted by Crippen LogP contribution is -2.33. The summed E-state index contributed by atoms with van der Waals surface area (Å²) >= 11 is 6.96. The van der Waals surface area contributed by atoms with E-state index in [4.69, 9.17) is 16.3 Å². The van der Waals surface area contributed by atoms with E-state index in [-0.39, 0.29) is 31.1 Å². The summed E-state index contributed by atoms with van der Waals surface area (Å²) in [4.78, 5) is 38.1. The topological polar surface area (TPSA) is 63.7 Å². The summed E-state index contributed by atoms with van der Waals surface area (Å²) in [5.74, 6) is -0.972. The Morgan fingerprint density at radius 1 is 1.12 bits per heavy atom. The van der Waals surface area contributed by atoms with Gasteiger partial charge < -0.3 is 9.64 Å². The van der Waals surface area contributed by atoms with Crippen LogP contribution in [-0.2, 0) is 20.7 Å². The fraction of sp³-hybridized carbons (Fsp3) is 0.278. The Labute approximate surface area is 154 Å². The molecule has 0 spiro atoms. The molecule has 1 aromatic carbocycles. The number of hydrogen-bond acceptors (Lipinski definition) is 5. The van der Waals surface area contributed by atoms with E-state index >= 15 is 0 Å². The van der Waals surface area contributed by atoms with E-state index in [1.54, 1.807) is 17.0 Å². The van der Waals surface area contributed by atoms with E-state index in [1.807, 2.05) is 24.3 Å². The van der Waals surface area contributed by atoms with Gasteiger partial charge >= 0.3 is 5.97 Å². The van der Waals surface area contributed by atoms with Gasteiger partial charge in [0.25, 0.3) is 5.91 Å². The van der Waals surface area contributed by atoms with Crippen LogP contribution in [0, 0.1) is 0 Å². The number of amides is 1. The maximum absolute atomic E-state index is 12.2. The summed E-state index contributed by atoms with van der Waals surface area (Å²) in [7, 11) is 0. The van der Waals surface area contributed by atoms with Gasteiger partial charge in [-0.3, -0.25) is 14.4 Å². The smallest absolute Gasteiger partial charge is 0.306 e. The lowest BCUT2D eigenvalue weighted by molar-refractivity contribution is -0.147. The molecule has 0 N–H and O–H groups in total. The Bertz CT molecular complexity index is 817. The Kier molecular flexibility index (Phi) is 5.50. The van der Waals surface area contributed by atoms with Crippen molar-refractivity contribution in [2.24, 2.45) is 0 Å². The molecule has 7 heteroatoms. The van der Waals surface area contributed by atoms with Crippen LogP contribution in [0.3, 0.4) is 0 Å². The van der Waals surface area contributed by atoms with Crippen molar-refractivity contribution in [1.82, 2.24) is 0 Å². The zero-order valence-electron chi connectivity index (χ0n) is 13.4. The van der Waals surface area contributed by atoms with Gasteiger partial charge in [-0.25, -0.2) is 0 Å². The number of esters is 1. The van der Waals surface area contributed by atoms with Crippen LogP contribution in [-0.4, -0.2) is 30.8 Å². The summed E-state index contributed by atoms with van der Waals surface area (Å²) < 4.78 is 5.55. The van der Waals surface area contributed by atoms with Crippen LogP contribution in [0.2, 0.25) is 4.34 Å². The minimum absolute atomic E-state index is 0.0381. The first-order chi connectivity index (χ1) is 12.0. The van der Waals surface area contributed by atoms with Gasteiger partial charge in [0, 0.05) is 18.7 Å². The van der Waals surface area contributed by atoms with Gasteiger partial charge in [0.2, 0.25) is 0 Å².